The number of hydrogen-bond acceptors (Lipinski definition) is 6. The molecule has 1 aromatic carbocycles. The first-order valence-electron chi connectivity index (χ1n) is 21.7. The van der Waals surface area contributed by atoms with Crippen molar-refractivity contribution in [3.63, 3.8) is 0 Å². The summed E-state index contributed by atoms with van der Waals surface area (Å²) in [6.45, 7) is 19.6. The number of aliphatic hydroxyl groups is 1. The molecule has 10 nitrogen and oxygen atoms in total. The molecule has 7 rings (SSSR count). The van der Waals surface area contributed by atoms with Gasteiger partial charge in [-0.25, -0.2) is 0 Å². The van der Waals surface area contributed by atoms with Crippen LogP contribution in [0, 0.1) is 56.7 Å². The number of rotatable bonds is 7. The van der Waals surface area contributed by atoms with Crippen molar-refractivity contribution in [1.29, 1.82) is 5.41 Å². The Labute approximate surface area is 343 Å². The van der Waals surface area contributed by atoms with Gasteiger partial charge in [0.05, 0.1) is 18.3 Å². The first kappa shape index (κ1) is 45.8. The van der Waals surface area contributed by atoms with Gasteiger partial charge in [0.25, 0.3) is 5.91 Å². The molecule has 1 aromatic heterocycles. The molecular formula is C47H73N7O3. The molecule has 0 radical (unpaired) electrons. The standard InChI is InChI=1S/C41H58N6O2.C3H6.C2H6.CH3NO/c1-38(2)33-16-19-39(3)31-15-22-41(18-6-9-32(41)30(31)12-13-34(39)40(33,4)20-17-35(38)48)21-14-26-7-5-8-27(23-26)37(49)45-25-29-11-10-28(24-44-29)36(42)46-47-43;1-3-2;1-2;2-1-3/h5,7-8,10-11,23-24,30-35,48H,6,9,12-22,25H2,1-4H3,(H,45,49)(H3,42,43,46);3H,1H2,2H3;1-2H3;1H,(H2,2,3). The number of aliphatic hydroxyl groups excluding tert-OH is 1. The molecule has 0 spiro atoms. The van der Waals surface area contributed by atoms with Crippen LogP contribution in [0.15, 0.2) is 65.6 Å². The number of aromatic nitrogens is 1. The van der Waals surface area contributed by atoms with E-state index in [0.717, 1.165) is 36.5 Å². The Kier molecular flexibility index (Phi) is 15.8. The molecule has 5 saturated carbocycles. The molecule has 0 aliphatic heterocycles. The molecule has 7 N–H and O–H groups in total. The molecule has 2 amide bonds. The van der Waals surface area contributed by atoms with Crippen LogP contribution < -0.4 is 16.9 Å². The van der Waals surface area contributed by atoms with E-state index in [1.165, 1.54) is 76.2 Å². The van der Waals surface area contributed by atoms with E-state index in [4.69, 9.17) is 16.0 Å². The number of hydrogen-bond donors (Lipinski definition) is 5. The summed E-state index contributed by atoms with van der Waals surface area (Å²) in [4.78, 5) is 26.1. The predicted octanol–water partition coefficient (Wildman–Crippen LogP) is 9.74. The minimum absolute atomic E-state index is 0.0192. The zero-order valence-electron chi connectivity index (χ0n) is 36.0. The second-order valence-electron chi connectivity index (χ2n) is 18.3. The fourth-order valence-corrected chi connectivity index (χ4v) is 13.1. The summed E-state index contributed by atoms with van der Waals surface area (Å²) >= 11 is 0. The molecule has 2 aromatic rings. The Balaban J connectivity index is 0.000000836. The van der Waals surface area contributed by atoms with E-state index < -0.39 is 0 Å². The predicted molar refractivity (Wildman–Crippen MR) is 230 cm³/mol. The largest absolute Gasteiger partial charge is 0.393 e. The molecule has 1 heterocycles. The summed E-state index contributed by atoms with van der Waals surface area (Å²) < 4.78 is 0. The molecule has 5 fully saturated rings. The summed E-state index contributed by atoms with van der Waals surface area (Å²) in [6.07, 6.45) is 20.1. The van der Waals surface area contributed by atoms with Gasteiger partial charge in [0.15, 0.2) is 5.84 Å². The van der Waals surface area contributed by atoms with E-state index in [-0.39, 0.29) is 29.7 Å². The third kappa shape index (κ3) is 9.37. The van der Waals surface area contributed by atoms with Gasteiger partial charge in [-0.3, -0.25) is 20.0 Å². The van der Waals surface area contributed by atoms with E-state index in [1.54, 1.807) is 24.4 Å². The summed E-state index contributed by atoms with van der Waals surface area (Å²) in [5.74, 6) is 8.85. The number of aryl methyl sites for hydroxylation is 1. The zero-order chi connectivity index (χ0) is 42.0. The van der Waals surface area contributed by atoms with Crippen LogP contribution in [0.3, 0.4) is 0 Å². The first-order valence-corrected chi connectivity index (χ1v) is 21.7. The number of amides is 2. The lowest BCUT2D eigenvalue weighted by Gasteiger charge is -2.69. The average Bonchev–Trinajstić information content (AvgIpc) is 3.64. The van der Waals surface area contributed by atoms with Crippen molar-refractivity contribution in [2.75, 3.05) is 0 Å². The topological polar surface area (TPSA) is 180 Å². The normalized spacial score (nSPS) is 33.1. The number of benzene rings is 1. The lowest BCUT2D eigenvalue weighted by Crippen LogP contribution is -2.63. The van der Waals surface area contributed by atoms with Gasteiger partial charge in [-0.05, 0) is 165 Å². The fraction of sp³-hybridized carbons (Fsp3) is 0.660. The number of pyridine rings is 1. The summed E-state index contributed by atoms with van der Waals surface area (Å²) in [7, 11) is 0. The molecule has 10 heteroatoms. The Bertz CT molecular complexity index is 1690. The van der Waals surface area contributed by atoms with Gasteiger partial charge in [-0.2, -0.15) is 0 Å². The minimum Gasteiger partial charge on any atom is -0.393 e. The highest BCUT2D eigenvalue weighted by Gasteiger charge is 2.66. The molecule has 0 bridgehead atoms. The van der Waals surface area contributed by atoms with Crippen molar-refractivity contribution in [3.05, 3.63) is 77.6 Å². The lowest BCUT2D eigenvalue weighted by atomic mass is 9.36. The minimum atomic E-state index is -0.158. The Morgan fingerprint density at radius 3 is 2.33 bits per heavy atom. The van der Waals surface area contributed by atoms with Gasteiger partial charge >= 0.3 is 0 Å². The number of carbonyl (C=O) groups excluding carboxylic acids is 2. The van der Waals surface area contributed by atoms with Gasteiger partial charge in [0, 0.05) is 17.3 Å². The molecule has 0 saturated heterocycles. The highest BCUT2D eigenvalue weighted by Crippen LogP contribution is 2.73. The lowest BCUT2D eigenvalue weighted by molar-refractivity contribution is -0.214. The SMILES string of the molecule is C=CC.CC.CC1(C)C(O)CCC2(C)C1CCC1(C)C3CCC4(CCc5cccc(C(=O)NCc6ccc(C(=N)N=NN)cn6)c5)CCCC4C3CCC12.NC=O. The Morgan fingerprint density at radius 1 is 0.965 bits per heavy atom. The maximum atomic E-state index is 13.2. The van der Waals surface area contributed by atoms with Gasteiger partial charge in [-0.15, -0.1) is 11.7 Å². The summed E-state index contributed by atoms with van der Waals surface area (Å²) in [5.41, 5.74) is 8.59. The van der Waals surface area contributed by atoms with Crippen LogP contribution in [0.25, 0.3) is 0 Å². The van der Waals surface area contributed by atoms with Gasteiger partial charge in [0.1, 0.15) is 0 Å². The molecule has 57 heavy (non-hydrogen) atoms. The number of fused-ring (bicyclic) bond motifs is 7. The second kappa shape index (κ2) is 19.7. The molecule has 314 valence electrons. The number of primary amides is 1. The van der Waals surface area contributed by atoms with Crippen LogP contribution in [-0.4, -0.2) is 34.3 Å². The van der Waals surface area contributed by atoms with E-state index in [0.29, 0.717) is 45.5 Å². The number of amidine groups is 1. The monoisotopic (exact) mass is 784 g/mol. The van der Waals surface area contributed by atoms with E-state index in [2.05, 4.69) is 72.8 Å². The van der Waals surface area contributed by atoms with Crippen LogP contribution in [0.4, 0.5) is 0 Å². The van der Waals surface area contributed by atoms with Crippen LogP contribution >= 0.6 is 0 Å². The van der Waals surface area contributed by atoms with Crippen molar-refractivity contribution in [2.45, 2.75) is 145 Å². The summed E-state index contributed by atoms with van der Waals surface area (Å²) in [5, 5.41) is 28.5. The van der Waals surface area contributed by atoms with Crippen molar-refractivity contribution < 1.29 is 14.7 Å². The average molecular weight is 784 g/mol. The molecular weight excluding hydrogens is 711 g/mol. The van der Waals surface area contributed by atoms with E-state index in [9.17, 15) is 9.90 Å². The van der Waals surface area contributed by atoms with Crippen LogP contribution in [-0.2, 0) is 17.8 Å². The van der Waals surface area contributed by atoms with Crippen molar-refractivity contribution in [2.24, 2.45) is 73.2 Å². The molecule has 9 atom stereocenters. The molecule has 5 aliphatic carbocycles. The third-order valence-electron chi connectivity index (χ3n) is 15.5. The number of nitrogens with two attached hydrogens (primary N) is 2. The van der Waals surface area contributed by atoms with Gasteiger partial charge in [0.2, 0.25) is 6.41 Å². The highest BCUT2D eigenvalue weighted by molar-refractivity contribution is 5.96. The second-order valence-corrected chi connectivity index (χ2v) is 18.3. The number of nitrogens with zero attached hydrogens (tertiary/aromatic N) is 3. The Hall–Kier alpha value is -3.92. The quantitative estimate of drug-likeness (QED) is 0.0356. The van der Waals surface area contributed by atoms with E-state index >= 15 is 0 Å². The maximum absolute atomic E-state index is 13.2. The van der Waals surface area contributed by atoms with Crippen LogP contribution in [0.1, 0.15) is 153 Å². The van der Waals surface area contributed by atoms with Crippen molar-refractivity contribution in [1.82, 2.24) is 10.3 Å². The molecule has 5 aliphatic rings. The van der Waals surface area contributed by atoms with Gasteiger partial charge < -0.3 is 22.0 Å². The van der Waals surface area contributed by atoms with Crippen molar-refractivity contribution >= 4 is 18.2 Å². The zero-order valence-corrected chi connectivity index (χ0v) is 36.0. The third-order valence-corrected chi connectivity index (χ3v) is 15.5. The Morgan fingerprint density at radius 2 is 1.67 bits per heavy atom. The number of nitrogens with one attached hydrogen (secondary N) is 2. The fourth-order valence-electron chi connectivity index (χ4n) is 13.1. The van der Waals surface area contributed by atoms with Gasteiger partial charge in [-0.1, -0.05) is 71.4 Å². The van der Waals surface area contributed by atoms with Crippen LogP contribution in [0.2, 0.25) is 0 Å². The summed E-state index contributed by atoms with van der Waals surface area (Å²) in [6, 6.07) is 11.7. The smallest absolute Gasteiger partial charge is 0.251 e. The number of allylic oxidation sites excluding steroid dienone is 1. The van der Waals surface area contributed by atoms with Crippen LogP contribution in [0.5, 0.6) is 0 Å². The van der Waals surface area contributed by atoms with Crippen molar-refractivity contribution in [3.8, 4) is 0 Å². The highest BCUT2D eigenvalue weighted by atomic mass is 16.3. The number of carbonyl (C=O) groups is 2. The maximum Gasteiger partial charge on any atom is 0.251 e. The first-order chi connectivity index (χ1) is 27.2. The van der Waals surface area contributed by atoms with E-state index in [1.807, 2.05) is 32.9 Å². The molecule has 9 unspecified atom stereocenters.